The lowest BCUT2D eigenvalue weighted by Gasteiger charge is -2.23. The highest BCUT2D eigenvalue weighted by molar-refractivity contribution is 5.80. The first-order valence-corrected chi connectivity index (χ1v) is 6.41. The lowest BCUT2D eigenvalue weighted by atomic mass is 9.89. The van der Waals surface area contributed by atoms with Gasteiger partial charge in [0.15, 0.2) is 0 Å². The fourth-order valence-electron chi connectivity index (χ4n) is 2.35. The number of para-hydroxylation sites is 1. The van der Waals surface area contributed by atoms with Gasteiger partial charge in [0.2, 0.25) is 0 Å². The van der Waals surface area contributed by atoms with Crippen LogP contribution in [0.1, 0.15) is 31.3 Å². The van der Waals surface area contributed by atoms with Gasteiger partial charge >= 0.3 is 0 Å². The molecule has 1 aromatic heterocycles. The van der Waals surface area contributed by atoms with Crippen molar-refractivity contribution in [1.82, 2.24) is 0 Å². The van der Waals surface area contributed by atoms with Crippen molar-refractivity contribution in [2.24, 2.45) is 17.6 Å². The molecule has 3 heteroatoms. The molecular formula is C15H21NO2. The minimum Gasteiger partial charge on any atom is -0.458 e. The summed E-state index contributed by atoms with van der Waals surface area (Å²) in [6.07, 6.45) is -0.637. The van der Waals surface area contributed by atoms with E-state index in [4.69, 9.17) is 10.2 Å². The molecule has 0 bridgehead atoms. The molecule has 2 unspecified atom stereocenters. The quantitative estimate of drug-likeness (QED) is 0.873. The van der Waals surface area contributed by atoms with Crippen LogP contribution >= 0.6 is 0 Å². The molecule has 0 spiro atoms. The van der Waals surface area contributed by atoms with Crippen LogP contribution in [0.3, 0.4) is 0 Å². The normalized spacial score (nSPS) is 15.2. The standard InChI is InChI=1S/C15H21NO2/c1-9(2)12(8-16)14(17)13-7-11-6-4-5-10(3)15(11)18-13/h4-7,9,12,14,17H,8,16H2,1-3H3. The Bertz CT molecular complexity index is 530. The van der Waals surface area contributed by atoms with Gasteiger partial charge in [0.25, 0.3) is 0 Å². The van der Waals surface area contributed by atoms with Crippen LogP contribution < -0.4 is 5.73 Å². The number of hydrogen-bond acceptors (Lipinski definition) is 3. The zero-order chi connectivity index (χ0) is 13.3. The average Bonchev–Trinajstić information content (AvgIpc) is 2.74. The summed E-state index contributed by atoms with van der Waals surface area (Å²) in [5.74, 6) is 0.952. The van der Waals surface area contributed by atoms with Gasteiger partial charge in [0.05, 0.1) is 0 Å². The molecule has 0 amide bonds. The van der Waals surface area contributed by atoms with Crippen LogP contribution in [0.15, 0.2) is 28.7 Å². The molecule has 0 aliphatic rings. The van der Waals surface area contributed by atoms with Crippen LogP contribution in [0.25, 0.3) is 11.0 Å². The predicted octanol–water partition coefficient (Wildman–Crippen LogP) is 3.01. The van der Waals surface area contributed by atoms with Crippen molar-refractivity contribution in [1.29, 1.82) is 0 Å². The summed E-state index contributed by atoms with van der Waals surface area (Å²) in [6, 6.07) is 7.91. The first kappa shape index (κ1) is 13.1. The van der Waals surface area contributed by atoms with E-state index in [-0.39, 0.29) is 5.92 Å². The van der Waals surface area contributed by atoms with Crippen LogP contribution in [0.4, 0.5) is 0 Å². The Labute approximate surface area is 108 Å². The van der Waals surface area contributed by atoms with Gasteiger partial charge in [0, 0.05) is 11.3 Å². The maximum atomic E-state index is 10.4. The molecule has 2 aromatic rings. The number of aryl methyl sites for hydroxylation is 1. The number of benzene rings is 1. The Kier molecular flexibility index (Phi) is 3.73. The highest BCUT2D eigenvalue weighted by Crippen LogP contribution is 2.32. The van der Waals surface area contributed by atoms with E-state index < -0.39 is 6.10 Å². The highest BCUT2D eigenvalue weighted by Gasteiger charge is 2.25. The van der Waals surface area contributed by atoms with E-state index in [0.717, 1.165) is 16.5 Å². The minimum atomic E-state index is -0.637. The first-order chi connectivity index (χ1) is 8.54. The molecule has 2 rings (SSSR count). The Morgan fingerprint density at radius 2 is 2.06 bits per heavy atom. The third kappa shape index (κ3) is 2.28. The molecule has 2 atom stereocenters. The fraction of sp³-hybridized carbons (Fsp3) is 0.467. The predicted molar refractivity (Wildman–Crippen MR) is 73.3 cm³/mol. The van der Waals surface area contributed by atoms with Crippen molar-refractivity contribution in [2.75, 3.05) is 6.54 Å². The largest absolute Gasteiger partial charge is 0.458 e. The van der Waals surface area contributed by atoms with Gasteiger partial charge in [-0.2, -0.15) is 0 Å². The first-order valence-electron chi connectivity index (χ1n) is 6.41. The number of nitrogens with two attached hydrogens (primary N) is 1. The second kappa shape index (κ2) is 5.12. The Hall–Kier alpha value is -1.32. The van der Waals surface area contributed by atoms with Crippen molar-refractivity contribution in [3.63, 3.8) is 0 Å². The van der Waals surface area contributed by atoms with Gasteiger partial charge in [-0.3, -0.25) is 0 Å². The topological polar surface area (TPSA) is 59.4 Å². The molecule has 0 saturated carbocycles. The zero-order valence-electron chi connectivity index (χ0n) is 11.2. The molecule has 0 radical (unpaired) electrons. The van der Waals surface area contributed by atoms with E-state index >= 15 is 0 Å². The molecule has 98 valence electrons. The summed E-state index contributed by atoms with van der Waals surface area (Å²) in [7, 11) is 0. The highest BCUT2D eigenvalue weighted by atomic mass is 16.4. The van der Waals surface area contributed by atoms with E-state index in [9.17, 15) is 5.11 Å². The van der Waals surface area contributed by atoms with E-state index in [1.54, 1.807) is 0 Å². The van der Waals surface area contributed by atoms with Crippen LogP contribution in [-0.2, 0) is 0 Å². The molecule has 0 aliphatic heterocycles. The van der Waals surface area contributed by atoms with Gasteiger partial charge in [0.1, 0.15) is 17.4 Å². The van der Waals surface area contributed by atoms with Gasteiger partial charge in [-0.25, -0.2) is 0 Å². The lowest BCUT2D eigenvalue weighted by Crippen LogP contribution is -2.26. The lowest BCUT2D eigenvalue weighted by molar-refractivity contribution is 0.0676. The molecule has 1 heterocycles. The maximum absolute atomic E-state index is 10.4. The number of fused-ring (bicyclic) bond motifs is 1. The Morgan fingerprint density at radius 1 is 1.33 bits per heavy atom. The monoisotopic (exact) mass is 247 g/mol. The smallest absolute Gasteiger partial charge is 0.137 e. The Balaban J connectivity index is 2.39. The average molecular weight is 247 g/mol. The number of hydrogen-bond donors (Lipinski definition) is 2. The Morgan fingerprint density at radius 3 is 2.61 bits per heavy atom. The van der Waals surface area contributed by atoms with Crippen molar-refractivity contribution >= 4 is 11.0 Å². The summed E-state index contributed by atoms with van der Waals surface area (Å²) in [4.78, 5) is 0. The van der Waals surface area contributed by atoms with E-state index in [2.05, 4.69) is 13.8 Å². The molecule has 0 aliphatic carbocycles. The van der Waals surface area contributed by atoms with Crippen molar-refractivity contribution in [3.8, 4) is 0 Å². The SMILES string of the molecule is Cc1cccc2cc(C(O)C(CN)C(C)C)oc12. The van der Waals surface area contributed by atoms with Crippen molar-refractivity contribution in [3.05, 3.63) is 35.6 Å². The van der Waals surface area contributed by atoms with E-state index in [0.29, 0.717) is 18.2 Å². The van der Waals surface area contributed by atoms with Crippen molar-refractivity contribution < 1.29 is 9.52 Å². The fourth-order valence-corrected chi connectivity index (χ4v) is 2.35. The van der Waals surface area contributed by atoms with Crippen LogP contribution in [0, 0.1) is 18.8 Å². The minimum absolute atomic E-state index is 0.0193. The van der Waals surface area contributed by atoms with Crippen molar-refractivity contribution in [2.45, 2.75) is 26.9 Å². The number of rotatable bonds is 4. The van der Waals surface area contributed by atoms with Crippen LogP contribution in [0.2, 0.25) is 0 Å². The summed E-state index contributed by atoms with van der Waals surface area (Å²) in [5.41, 5.74) is 7.67. The van der Waals surface area contributed by atoms with Crippen LogP contribution in [0.5, 0.6) is 0 Å². The maximum Gasteiger partial charge on any atom is 0.137 e. The number of aliphatic hydroxyl groups is 1. The van der Waals surface area contributed by atoms with Crippen LogP contribution in [-0.4, -0.2) is 11.7 Å². The van der Waals surface area contributed by atoms with Gasteiger partial charge < -0.3 is 15.3 Å². The van der Waals surface area contributed by atoms with Gasteiger partial charge in [-0.05, 0) is 31.0 Å². The molecule has 0 saturated heterocycles. The third-order valence-corrected chi connectivity index (χ3v) is 3.59. The summed E-state index contributed by atoms with van der Waals surface area (Å²) < 4.78 is 5.79. The van der Waals surface area contributed by atoms with Gasteiger partial charge in [-0.1, -0.05) is 32.0 Å². The number of furan rings is 1. The molecule has 0 fully saturated rings. The van der Waals surface area contributed by atoms with E-state index in [1.807, 2.05) is 31.2 Å². The van der Waals surface area contributed by atoms with Gasteiger partial charge in [-0.15, -0.1) is 0 Å². The third-order valence-electron chi connectivity index (χ3n) is 3.59. The summed E-state index contributed by atoms with van der Waals surface area (Å²) >= 11 is 0. The van der Waals surface area contributed by atoms with E-state index in [1.165, 1.54) is 0 Å². The molecule has 3 N–H and O–H groups in total. The molecule has 1 aromatic carbocycles. The molecule has 3 nitrogen and oxygen atoms in total. The second-order valence-electron chi connectivity index (χ2n) is 5.23. The molecule has 18 heavy (non-hydrogen) atoms. The number of aliphatic hydroxyl groups excluding tert-OH is 1. The molecular weight excluding hydrogens is 226 g/mol. The summed E-state index contributed by atoms with van der Waals surface area (Å²) in [5, 5.41) is 11.4. The summed E-state index contributed by atoms with van der Waals surface area (Å²) in [6.45, 7) is 6.59. The zero-order valence-corrected chi connectivity index (χ0v) is 11.2. The second-order valence-corrected chi connectivity index (χ2v) is 5.23.